The molecule has 0 atom stereocenters. The summed E-state index contributed by atoms with van der Waals surface area (Å²) in [5.41, 5.74) is 2.00. The van der Waals surface area contributed by atoms with Gasteiger partial charge in [0.15, 0.2) is 10.3 Å². The summed E-state index contributed by atoms with van der Waals surface area (Å²) in [6, 6.07) is 6.62. The largest absolute Gasteiger partial charge is 0.389 e. The highest BCUT2D eigenvalue weighted by atomic mass is 35.5. The van der Waals surface area contributed by atoms with Crippen LogP contribution in [0.4, 0.5) is 13.2 Å². The lowest BCUT2D eigenvalue weighted by Crippen LogP contribution is -2.24. The maximum Gasteiger partial charge on any atom is 0.389 e. The van der Waals surface area contributed by atoms with Gasteiger partial charge in [-0.3, -0.25) is 9.36 Å². The molecule has 0 N–H and O–H groups in total. The van der Waals surface area contributed by atoms with Crippen LogP contribution in [0.2, 0.25) is 5.02 Å². The van der Waals surface area contributed by atoms with Crippen LogP contribution in [-0.4, -0.2) is 20.7 Å². The molecule has 0 radical (unpaired) electrons. The fraction of sp³-hybridized carbons (Fsp3) is 0.312. The van der Waals surface area contributed by atoms with Crippen LogP contribution in [0.3, 0.4) is 0 Å². The average Bonchev–Trinajstić information content (AvgIpc) is 3.01. The summed E-state index contributed by atoms with van der Waals surface area (Å²) in [6.07, 6.45) is -4.49. The zero-order valence-electron chi connectivity index (χ0n) is 12.9. The van der Waals surface area contributed by atoms with Crippen molar-refractivity contribution in [3.8, 4) is 5.69 Å². The monoisotopic (exact) mass is 387 g/mol. The number of thiazole rings is 1. The summed E-state index contributed by atoms with van der Waals surface area (Å²) in [7, 11) is 0. The van der Waals surface area contributed by atoms with Gasteiger partial charge in [0.05, 0.1) is 11.2 Å². The summed E-state index contributed by atoms with van der Waals surface area (Å²) < 4.78 is 38.3. The normalized spacial score (nSPS) is 12.0. The Kier molecular flexibility index (Phi) is 5.10. The second kappa shape index (κ2) is 7.13. The van der Waals surface area contributed by atoms with Crippen molar-refractivity contribution in [3.63, 3.8) is 0 Å². The minimum atomic E-state index is -4.18. The number of unbranched alkanes of at least 4 members (excludes halogenated alkanes) is 1. The third-order valence-electron chi connectivity index (χ3n) is 3.64. The van der Waals surface area contributed by atoms with Crippen LogP contribution in [0, 0.1) is 0 Å². The Bertz CT molecular complexity index is 934. The standard InChI is InChI=1S/C16H13ClF3N3OS/c17-10-4-6-11(7-5-10)23-12(3-1-2-8-16(18,19)20)22-14-13(15(23)24)21-9-25-14/h4-7,9H,1-3,8H2. The molecule has 3 rings (SSSR count). The van der Waals surface area contributed by atoms with E-state index in [1.54, 1.807) is 24.3 Å². The number of alkyl halides is 3. The lowest BCUT2D eigenvalue weighted by atomic mass is 10.1. The summed E-state index contributed by atoms with van der Waals surface area (Å²) in [5.74, 6) is 0.422. The van der Waals surface area contributed by atoms with E-state index in [9.17, 15) is 18.0 Å². The predicted molar refractivity (Wildman–Crippen MR) is 91.6 cm³/mol. The van der Waals surface area contributed by atoms with E-state index in [1.165, 1.54) is 21.4 Å². The first kappa shape index (κ1) is 17.9. The van der Waals surface area contributed by atoms with Crippen molar-refractivity contribution in [2.24, 2.45) is 0 Å². The summed E-state index contributed by atoms with van der Waals surface area (Å²) in [5, 5.41) is 0.520. The predicted octanol–water partition coefficient (Wildman–Crippen LogP) is 4.77. The van der Waals surface area contributed by atoms with Gasteiger partial charge in [-0.05, 0) is 37.1 Å². The molecule has 1 aromatic carbocycles. The minimum Gasteiger partial charge on any atom is -0.266 e. The molecule has 9 heteroatoms. The van der Waals surface area contributed by atoms with Gasteiger partial charge in [0.1, 0.15) is 5.82 Å². The van der Waals surface area contributed by atoms with Gasteiger partial charge >= 0.3 is 6.18 Å². The van der Waals surface area contributed by atoms with E-state index >= 15 is 0 Å². The van der Waals surface area contributed by atoms with Crippen LogP contribution in [0.5, 0.6) is 0 Å². The van der Waals surface area contributed by atoms with E-state index in [0.29, 0.717) is 21.4 Å². The third kappa shape index (κ3) is 4.19. The zero-order valence-corrected chi connectivity index (χ0v) is 14.5. The summed E-state index contributed by atoms with van der Waals surface area (Å²) in [6.45, 7) is 0. The first-order chi connectivity index (χ1) is 11.8. The lowest BCUT2D eigenvalue weighted by Gasteiger charge is -2.12. The maximum absolute atomic E-state index is 12.7. The Morgan fingerprint density at radius 1 is 1.16 bits per heavy atom. The van der Waals surface area contributed by atoms with Crippen LogP contribution in [-0.2, 0) is 6.42 Å². The van der Waals surface area contributed by atoms with Gasteiger partial charge in [-0.1, -0.05) is 11.6 Å². The number of aryl methyl sites for hydroxylation is 1. The fourth-order valence-corrected chi connectivity index (χ4v) is 3.28. The second-order valence-corrected chi connectivity index (χ2v) is 6.74. The van der Waals surface area contributed by atoms with Gasteiger partial charge in [0.25, 0.3) is 5.56 Å². The molecule has 2 heterocycles. The van der Waals surface area contributed by atoms with Crippen LogP contribution in [0.15, 0.2) is 34.6 Å². The third-order valence-corrected chi connectivity index (χ3v) is 4.61. The highest BCUT2D eigenvalue weighted by molar-refractivity contribution is 7.16. The molecule has 0 saturated heterocycles. The number of rotatable bonds is 5. The van der Waals surface area contributed by atoms with Crippen LogP contribution >= 0.6 is 22.9 Å². The number of fused-ring (bicyclic) bond motifs is 1. The molecule has 0 spiro atoms. The van der Waals surface area contributed by atoms with Crippen LogP contribution in [0.1, 0.15) is 25.1 Å². The molecule has 0 aliphatic heterocycles. The molecule has 0 bridgehead atoms. The van der Waals surface area contributed by atoms with E-state index in [4.69, 9.17) is 11.6 Å². The number of hydrogen-bond acceptors (Lipinski definition) is 4. The molecule has 0 aliphatic rings. The number of aromatic nitrogens is 3. The first-order valence-corrected chi connectivity index (χ1v) is 8.79. The Balaban J connectivity index is 1.96. The number of benzene rings is 1. The average molecular weight is 388 g/mol. The van der Waals surface area contributed by atoms with Crippen LogP contribution < -0.4 is 5.56 Å². The van der Waals surface area contributed by atoms with Crippen molar-refractivity contribution >= 4 is 33.3 Å². The second-order valence-electron chi connectivity index (χ2n) is 5.47. The Morgan fingerprint density at radius 2 is 1.88 bits per heavy atom. The van der Waals surface area contributed by atoms with Crippen molar-refractivity contribution in [3.05, 3.63) is 51.0 Å². The molecular formula is C16H13ClF3N3OS. The first-order valence-electron chi connectivity index (χ1n) is 7.53. The van der Waals surface area contributed by atoms with E-state index in [1.807, 2.05) is 0 Å². The smallest absolute Gasteiger partial charge is 0.266 e. The summed E-state index contributed by atoms with van der Waals surface area (Å²) in [4.78, 5) is 21.7. The Labute approximate surface area is 149 Å². The van der Waals surface area contributed by atoms with Gasteiger partial charge in [-0.2, -0.15) is 13.2 Å². The Morgan fingerprint density at radius 3 is 2.56 bits per heavy atom. The molecule has 132 valence electrons. The van der Waals surface area contributed by atoms with Gasteiger partial charge in [0.2, 0.25) is 0 Å². The van der Waals surface area contributed by atoms with E-state index in [0.717, 1.165) is 0 Å². The van der Waals surface area contributed by atoms with Crippen molar-refractivity contribution < 1.29 is 13.2 Å². The van der Waals surface area contributed by atoms with E-state index in [-0.39, 0.29) is 30.3 Å². The molecule has 0 amide bonds. The molecule has 0 aliphatic carbocycles. The molecule has 0 fully saturated rings. The molecule has 0 saturated carbocycles. The number of nitrogens with zero attached hydrogens (tertiary/aromatic N) is 3. The minimum absolute atomic E-state index is 0.0132. The number of hydrogen-bond donors (Lipinski definition) is 0. The van der Waals surface area contributed by atoms with Crippen molar-refractivity contribution in [2.45, 2.75) is 31.9 Å². The zero-order chi connectivity index (χ0) is 18.0. The highest BCUT2D eigenvalue weighted by Crippen LogP contribution is 2.23. The molecule has 4 nitrogen and oxygen atoms in total. The van der Waals surface area contributed by atoms with Gasteiger partial charge in [-0.15, -0.1) is 11.3 Å². The highest BCUT2D eigenvalue weighted by Gasteiger charge is 2.26. The van der Waals surface area contributed by atoms with Crippen molar-refractivity contribution in [2.75, 3.05) is 0 Å². The van der Waals surface area contributed by atoms with Gasteiger partial charge < -0.3 is 0 Å². The summed E-state index contributed by atoms with van der Waals surface area (Å²) >= 11 is 7.11. The van der Waals surface area contributed by atoms with Gasteiger partial charge in [-0.25, -0.2) is 9.97 Å². The topological polar surface area (TPSA) is 47.8 Å². The quantitative estimate of drug-likeness (QED) is 0.592. The maximum atomic E-state index is 12.7. The van der Waals surface area contributed by atoms with E-state index < -0.39 is 12.6 Å². The lowest BCUT2D eigenvalue weighted by molar-refractivity contribution is -0.135. The fourth-order valence-electron chi connectivity index (χ4n) is 2.49. The van der Waals surface area contributed by atoms with Crippen molar-refractivity contribution in [1.82, 2.24) is 14.5 Å². The SMILES string of the molecule is O=c1c2ncsc2nc(CCCCC(F)(F)F)n1-c1ccc(Cl)cc1. The molecule has 3 aromatic rings. The molecule has 25 heavy (non-hydrogen) atoms. The number of halogens is 4. The van der Waals surface area contributed by atoms with Crippen molar-refractivity contribution in [1.29, 1.82) is 0 Å². The molecular weight excluding hydrogens is 375 g/mol. The molecule has 0 unspecified atom stereocenters. The molecule has 2 aromatic heterocycles. The van der Waals surface area contributed by atoms with Crippen LogP contribution in [0.25, 0.3) is 16.0 Å². The van der Waals surface area contributed by atoms with E-state index in [2.05, 4.69) is 9.97 Å². The van der Waals surface area contributed by atoms with Gasteiger partial charge in [0, 0.05) is 17.9 Å². The Hall–Kier alpha value is -1.93.